The van der Waals surface area contributed by atoms with Crippen LogP contribution >= 0.6 is 15.9 Å². The van der Waals surface area contributed by atoms with Crippen LogP contribution < -0.4 is 0 Å². The highest BCUT2D eigenvalue weighted by Crippen LogP contribution is 2.46. The summed E-state index contributed by atoms with van der Waals surface area (Å²) >= 11 is 3.52. The van der Waals surface area contributed by atoms with Crippen LogP contribution in [0.3, 0.4) is 0 Å². The minimum Gasteiger partial charge on any atom is -0.396 e. The third kappa shape index (κ3) is 2.87. The van der Waals surface area contributed by atoms with Crippen molar-refractivity contribution in [1.29, 1.82) is 0 Å². The molecule has 0 amide bonds. The van der Waals surface area contributed by atoms with E-state index in [0.29, 0.717) is 0 Å². The number of aliphatic hydroxyl groups is 2. The molecular weight excluding hydrogens is 366 g/mol. The lowest BCUT2D eigenvalue weighted by molar-refractivity contribution is 0.246. The second-order valence-corrected chi connectivity index (χ2v) is 7.15. The van der Waals surface area contributed by atoms with E-state index < -0.39 is 0 Å². The summed E-state index contributed by atoms with van der Waals surface area (Å²) < 4.78 is 0.988. The Labute approximate surface area is 152 Å². The molecule has 2 aliphatic carbocycles. The standard InChI is InChI=1S/C20H24BrNO2/c1-3-22(4-2)14-6-8-16-18(10-14)20(12-24)15-7-5-13(21)9-17(15)19(16)11-23/h5-10,18,20,23-24H,3-4,11-12H2,1-2H3. The molecule has 1 aromatic carbocycles. The van der Waals surface area contributed by atoms with Crippen molar-refractivity contribution in [3.05, 3.63) is 63.3 Å². The first-order chi connectivity index (χ1) is 11.6. The zero-order valence-electron chi connectivity index (χ0n) is 14.2. The maximum Gasteiger partial charge on any atom is 0.0690 e. The zero-order chi connectivity index (χ0) is 17.3. The Balaban J connectivity index is 2.14. The van der Waals surface area contributed by atoms with Gasteiger partial charge in [0.05, 0.1) is 13.2 Å². The topological polar surface area (TPSA) is 43.7 Å². The van der Waals surface area contributed by atoms with Crippen LogP contribution in [0, 0.1) is 5.92 Å². The number of hydrogen-bond acceptors (Lipinski definition) is 3. The van der Waals surface area contributed by atoms with Gasteiger partial charge in [0.1, 0.15) is 0 Å². The second kappa shape index (κ2) is 7.26. The molecule has 0 radical (unpaired) electrons. The molecule has 0 spiro atoms. The summed E-state index contributed by atoms with van der Waals surface area (Å²) in [7, 11) is 0. The van der Waals surface area contributed by atoms with Crippen molar-refractivity contribution in [2.24, 2.45) is 5.92 Å². The molecular formula is C20H24BrNO2. The van der Waals surface area contributed by atoms with E-state index >= 15 is 0 Å². The Morgan fingerprint density at radius 3 is 2.50 bits per heavy atom. The number of hydrogen-bond donors (Lipinski definition) is 2. The van der Waals surface area contributed by atoms with E-state index in [1.54, 1.807) is 0 Å². The van der Waals surface area contributed by atoms with Gasteiger partial charge in [0.15, 0.2) is 0 Å². The molecule has 0 bridgehead atoms. The van der Waals surface area contributed by atoms with Crippen LogP contribution in [0.2, 0.25) is 0 Å². The Hall–Kier alpha value is -1.36. The van der Waals surface area contributed by atoms with E-state index in [-0.39, 0.29) is 25.0 Å². The molecule has 0 heterocycles. The maximum absolute atomic E-state index is 10.1. The van der Waals surface area contributed by atoms with Gasteiger partial charge in [0.2, 0.25) is 0 Å². The molecule has 0 saturated carbocycles. The first-order valence-corrected chi connectivity index (χ1v) is 9.33. The van der Waals surface area contributed by atoms with Gasteiger partial charge in [-0.1, -0.05) is 34.1 Å². The Bertz CT molecular complexity index is 716. The van der Waals surface area contributed by atoms with Crippen LogP contribution in [-0.4, -0.2) is 41.4 Å². The number of benzene rings is 1. The van der Waals surface area contributed by atoms with Crippen molar-refractivity contribution < 1.29 is 10.2 Å². The van der Waals surface area contributed by atoms with E-state index in [2.05, 4.69) is 59.0 Å². The lowest BCUT2D eigenvalue weighted by Gasteiger charge is -2.37. The Morgan fingerprint density at radius 1 is 1.12 bits per heavy atom. The molecule has 24 heavy (non-hydrogen) atoms. The summed E-state index contributed by atoms with van der Waals surface area (Å²) in [4.78, 5) is 2.32. The van der Waals surface area contributed by atoms with Crippen LogP contribution in [0.15, 0.2) is 52.2 Å². The number of halogens is 1. The normalized spacial score (nSPS) is 22.1. The average molecular weight is 390 g/mol. The van der Waals surface area contributed by atoms with Crippen molar-refractivity contribution in [1.82, 2.24) is 4.90 Å². The lowest BCUT2D eigenvalue weighted by atomic mass is 9.70. The Kier molecular flexibility index (Phi) is 5.28. The molecule has 2 N–H and O–H groups in total. The maximum atomic E-state index is 10.1. The molecule has 0 saturated heterocycles. The minimum atomic E-state index is 0.00617. The fraction of sp³-hybridized carbons (Fsp3) is 0.400. The number of fused-ring (bicyclic) bond motifs is 2. The van der Waals surface area contributed by atoms with Gasteiger partial charge in [-0.05, 0) is 54.3 Å². The van der Waals surface area contributed by atoms with Crippen LogP contribution in [0.25, 0.3) is 5.57 Å². The quantitative estimate of drug-likeness (QED) is 0.806. The van der Waals surface area contributed by atoms with Gasteiger partial charge in [0.25, 0.3) is 0 Å². The third-order valence-electron chi connectivity index (χ3n) is 5.15. The molecule has 128 valence electrons. The van der Waals surface area contributed by atoms with Gasteiger partial charge >= 0.3 is 0 Å². The predicted octanol–water partition coefficient (Wildman–Crippen LogP) is 3.70. The summed E-state index contributed by atoms with van der Waals surface area (Å²) in [5.74, 6) is 0.125. The fourth-order valence-corrected chi connectivity index (χ4v) is 4.26. The van der Waals surface area contributed by atoms with Gasteiger partial charge in [-0.3, -0.25) is 0 Å². The summed E-state index contributed by atoms with van der Waals surface area (Å²) in [6.45, 7) is 6.32. The summed E-state index contributed by atoms with van der Waals surface area (Å²) in [6, 6.07) is 6.12. The van der Waals surface area contributed by atoms with Crippen molar-refractivity contribution in [3.8, 4) is 0 Å². The van der Waals surface area contributed by atoms with Crippen molar-refractivity contribution in [3.63, 3.8) is 0 Å². The van der Waals surface area contributed by atoms with Crippen molar-refractivity contribution >= 4 is 21.5 Å². The smallest absolute Gasteiger partial charge is 0.0690 e. The molecule has 2 unspecified atom stereocenters. The van der Waals surface area contributed by atoms with Crippen LogP contribution in [0.5, 0.6) is 0 Å². The number of aliphatic hydroxyl groups excluding tert-OH is 2. The van der Waals surface area contributed by atoms with E-state index in [1.807, 2.05) is 12.1 Å². The molecule has 0 fully saturated rings. The second-order valence-electron chi connectivity index (χ2n) is 6.24. The summed E-state index contributed by atoms with van der Waals surface area (Å²) in [5, 5.41) is 20.1. The van der Waals surface area contributed by atoms with Gasteiger partial charge < -0.3 is 15.1 Å². The molecule has 4 heteroatoms. The number of nitrogens with zero attached hydrogens (tertiary/aromatic N) is 1. The monoisotopic (exact) mass is 389 g/mol. The molecule has 2 atom stereocenters. The highest BCUT2D eigenvalue weighted by Gasteiger charge is 2.34. The molecule has 0 aliphatic heterocycles. The highest BCUT2D eigenvalue weighted by atomic mass is 79.9. The molecule has 0 aromatic heterocycles. The van der Waals surface area contributed by atoms with Crippen LogP contribution in [0.1, 0.15) is 30.9 Å². The SMILES string of the molecule is CCN(CC)C1=CC2C(=C(CO)c3cc(Br)ccc3C2CO)C=C1. The summed E-state index contributed by atoms with van der Waals surface area (Å²) in [5.41, 5.74) is 5.45. The fourth-order valence-electron chi connectivity index (χ4n) is 3.90. The van der Waals surface area contributed by atoms with E-state index in [4.69, 9.17) is 0 Å². The van der Waals surface area contributed by atoms with Gasteiger partial charge in [-0.2, -0.15) is 0 Å². The number of allylic oxidation sites excluding steroid dienone is 4. The predicted molar refractivity (Wildman–Crippen MR) is 102 cm³/mol. The van der Waals surface area contributed by atoms with Crippen LogP contribution in [0.4, 0.5) is 0 Å². The Morgan fingerprint density at radius 2 is 1.88 bits per heavy atom. The van der Waals surface area contributed by atoms with E-state index in [9.17, 15) is 10.2 Å². The van der Waals surface area contributed by atoms with Gasteiger partial charge in [0, 0.05) is 35.1 Å². The first kappa shape index (κ1) is 17.5. The molecule has 3 nitrogen and oxygen atoms in total. The first-order valence-electron chi connectivity index (χ1n) is 8.53. The van der Waals surface area contributed by atoms with Crippen LogP contribution in [-0.2, 0) is 0 Å². The molecule has 1 aromatic rings. The lowest BCUT2D eigenvalue weighted by Crippen LogP contribution is -2.29. The van der Waals surface area contributed by atoms with Crippen molar-refractivity contribution in [2.45, 2.75) is 19.8 Å². The number of likely N-dealkylation sites (N-methyl/N-ethyl adjacent to an activating group) is 1. The van der Waals surface area contributed by atoms with E-state index in [1.165, 1.54) is 5.70 Å². The highest BCUT2D eigenvalue weighted by molar-refractivity contribution is 9.10. The molecule has 3 rings (SSSR count). The average Bonchev–Trinajstić information content (AvgIpc) is 2.60. The minimum absolute atomic E-state index is 0.00617. The van der Waals surface area contributed by atoms with Crippen molar-refractivity contribution in [2.75, 3.05) is 26.3 Å². The van der Waals surface area contributed by atoms with Gasteiger partial charge in [-0.15, -0.1) is 0 Å². The van der Waals surface area contributed by atoms with Gasteiger partial charge in [-0.25, -0.2) is 0 Å². The van der Waals surface area contributed by atoms with E-state index in [0.717, 1.165) is 39.8 Å². The zero-order valence-corrected chi connectivity index (χ0v) is 15.8. The number of rotatable bonds is 5. The summed E-state index contributed by atoms with van der Waals surface area (Å²) in [6.07, 6.45) is 6.51. The third-order valence-corrected chi connectivity index (χ3v) is 5.64. The largest absolute Gasteiger partial charge is 0.396 e. The molecule has 2 aliphatic rings.